The van der Waals surface area contributed by atoms with Gasteiger partial charge in [-0.25, -0.2) is 0 Å². The van der Waals surface area contributed by atoms with Crippen LogP contribution in [0, 0.1) is 0 Å². The molecule has 0 aliphatic heterocycles. The fraction of sp³-hybridized carbons (Fsp3) is 0.429. The molecule has 0 fully saturated rings. The molecule has 0 aliphatic rings. The van der Waals surface area contributed by atoms with Crippen LogP contribution < -0.4 is 5.32 Å². The van der Waals surface area contributed by atoms with Crippen molar-refractivity contribution in [2.45, 2.75) is 6.42 Å². The number of thioether (sulfide) groups is 1. The SMILES string of the molecule is CSCCC(=O)Nc1ccno1. The van der Waals surface area contributed by atoms with E-state index >= 15 is 0 Å². The molecule has 1 heterocycles. The Balaban J connectivity index is 2.27. The Kier molecular flexibility index (Phi) is 3.66. The minimum atomic E-state index is -0.0406. The summed E-state index contributed by atoms with van der Waals surface area (Å²) in [6, 6.07) is 1.61. The second-order valence-corrected chi connectivity index (χ2v) is 3.15. The molecular formula is C7H10N2O2S. The predicted octanol–water partition coefficient (Wildman–Crippen LogP) is 1.37. The maximum Gasteiger partial charge on any atom is 0.231 e. The average molecular weight is 186 g/mol. The molecule has 1 N–H and O–H groups in total. The van der Waals surface area contributed by atoms with Gasteiger partial charge in [-0.1, -0.05) is 5.16 Å². The Morgan fingerprint density at radius 2 is 2.67 bits per heavy atom. The summed E-state index contributed by atoms with van der Waals surface area (Å²) in [6.07, 6.45) is 3.95. The average Bonchev–Trinajstić information content (AvgIpc) is 2.53. The number of carbonyl (C=O) groups is 1. The van der Waals surface area contributed by atoms with Crippen molar-refractivity contribution in [1.29, 1.82) is 0 Å². The summed E-state index contributed by atoms with van der Waals surface area (Å²) in [5.41, 5.74) is 0. The van der Waals surface area contributed by atoms with Crippen LogP contribution >= 0.6 is 11.8 Å². The normalized spacial score (nSPS) is 9.75. The van der Waals surface area contributed by atoms with Crippen molar-refractivity contribution in [2.24, 2.45) is 0 Å². The third kappa shape index (κ3) is 2.96. The van der Waals surface area contributed by atoms with E-state index < -0.39 is 0 Å². The molecule has 0 atom stereocenters. The van der Waals surface area contributed by atoms with Crippen LogP contribution in [0.1, 0.15) is 6.42 Å². The molecule has 1 aromatic heterocycles. The second-order valence-electron chi connectivity index (χ2n) is 2.17. The zero-order chi connectivity index (χ0) is 8.81. The maximum atomic E-state index is 11.1. The van der Waals surface area contributed by atoms with Gasteiger partial charge >= 0.3 is 0 Å². The minimum absolute atomic E-state index is 0.0406. The fourth-order valence-corrected chi connectivity index (χ4v) is 1.06. The van der Waals surface area contributed by atoms with Gasteiger partial charge in [0.15, 0.2) is 0 Å². The minimum Gasteiger partial charge on any atom is -0.338 e. The largest absolute Gasteiger partial charge is 0.338 e. The van der Waals surface area contributed by atoms with Gasteiger partial charge < -0.3 is 4.52 Å². The zero-order valence-corrected chi connectivity index (χ0v) is 7.56. The van der Waals surface area contributed by atoms with Crippen LogP contribution in [0.4, 0.5) is 5.88 Å². The lowest BCUT2D eigenvalue weighted by Gasteiger charge is -1.98. The lowest BCUT2D eigenvalue weighted by molar-refractivity contribution is -0.115. The second kappa shape index (κ2) is 4.82. The maximum absolute atomic E-state index is 11.1. The molecule has 1 amide bonds. The number of amides is 1. The Morgan fingerprint density at radius 1 is 1.83 bits per heavy atom. The van der Waals surface area contributed by atoms with Crippen molar-refractivity contribution in [2.75, 3.05) is 17.3 Å². The van der Waals surface area contributed by atoms with E-state index in [4.69, 9.17) is 4.52 Å². The molecule has 0 saturated heterocycles. The molecule has 0 aliphatic carbocycles. The van der Waals surface area contributed by atoms with Crippen LogP contribution in [-0.2, 0) is 4.79 Å². The molecule has 5 heteroatoms. The summed E-state index contributed by atoms with van der Waals surface area (Å²) in [6.45, 7) is 0. The molecule has 1 aromatic rings. The molecule has 0 radical (unpaired) electrons. The van der Waals surface area contributed by atoms with Crippen molar-refractivity contribution in [1.82, 2.24) is 5.16 Å². The topological polar surface area (TPSA) is 55.1 Å². The lowest BCUT2D eigenvalue weighted by atomic mass is 10.4. The third-order valence-electron chi connectivity index (χ3n) is 1.23. The van der Waals surface area contributed by atoms with Crippen LogP contribution in [0.25, 0.3) is 0 Å². The highest BCUT2D eigenvalue weighted by Gasteiger charge is 2.02. The molecule has 0 saturated carbocycles. The van der Waals surface area contributed by atoms with Gasteiger partial charge in [-0.2, -0.15) is 11.8 Å². The Bertz CT molecular complexity index is 236. The highest BCUT2D eigenvalue weighted by molar-refractivity contribution is 7.98. The molecule has 0 bridgehead atoms. The fourth-order valence-electron chi connectivity index (χ4n) is 0.675. The van der Waals surface area contributed by atoms with Crippen molar-refractivity contribution in [3.05, 3.63) is 12.3 Å². The molecule has 1 rings (SSSR count). The van der Waals surface area contributed by atoms with E-state index in [1.54, 1.807) is 17.8 Å². The Morgan fingerprint density at radius 3 is 3.25 bits per heavy atom. The van der Waals surface area contributed by atoms with E-state index in [-0.39, 0.29) is 5.91 Å². The lowest BCUT2D eigenvalue weighted by Crippen LogP contribution is -2.11. The van der Waals surface area contributed by atoms with Crippen LogP contribution in [0.2, 0.25) is 0 Å². The van der Waals surface area contributed by atoms with Gasteiger partial charge in [-0.15, -0.1) is 0 Å². The van der Waals surface area contributed by atoms with Gasteiger partial charge in [0.05, 0.1) is 6.20 Å². The highest BCUT2D eigenvalue weighted by Crippen LogP contribution is 2.05. The van der Waals surface area contributed by atoms with Crippen LogP contribution in [0.3, 0.4) is 0 Å². The number of rotatable bonds is 4. The summed E-state index contributed by atoms with van der Waals surface area (Å²) < 4.78 is 4.70. The van der Waals surface area contributed by atoms with Gasteiger partial charge in [-0.05, 0) is 6.26 Å². The molecule has 0 spiro atoms. The molecule has 66 valence electrons. The summed E-state index contributed by atoms with van der Waals surface area (Å²) in [5, 5.41) is 6.04. The van der Waals surface area contributed by atoms with Gasteiger partial charge in [0.1, 0.15) is 0 Å². The van der Waals surface area contributed by atoms with E-state index in [2.05, 4.69) is 10.5 Å². The van der Waals surface area contributed by atoms with Crippen LogP contribution in [0.15, 0.2) is 16.8 Å². The monoisotopic (exact) mass is 186 g/mol. The van der Waals surface area contributed by atoms with Crippen molar-refractivity contribution < 1.29 is 9.32 Å². The van der Waals surface area contributed by atoms with Crippen LogP contribution in [-0.4, -0.2) is 23.1 Å². The first-order valence-electron chi connectivity index (χ1n) is 3.52. The van der Waals surface area contributed by atoms with Gasteiger partial charge in [0.25, 0.3) is 0 Å². The quantitative estimate of drug-likeness (QED) is 0.771. The Hall–Kier alpha value is -0.970. The summed E-state index contributed by atoms with van der Waals surface area (Å²) in [4.78, 5) is 11.1. The van der Waals surface area contributed by atoms with E-state index in [0.717, 1.165) is 5.75 Å². The van der Waals surface area contributed by atoms with Gasteiger partial charge in [0, 0.05) is 18.2 Å². The van der Waals surface area contributed by atoms with Crippen molar-refractivity contribution in [3.8, 4) is 0 Å². The standard InChI is InChI=1S/C7H10N2O2S/c1-12-5-3-6(10)9-7-2-4-8-11-7/h2,4H,3,5H2,1H3,(H,9,10). The van der Waals surface area contributed by atoms with Gasteiger partial charge in [0.2, 0.25) is 11.8 Å². The Labute approximate surface area is 74.7 Å². The number of hydrogen-bond donors (Lipinski definition) is 1. The molecule has 4 nitrogen and oxygen atoms in total. The summed E-state index contributed by atoms with van der Waals surface area (Å²) in [7, 11) is 0. The summed E-state index contributed by atoms with van der Waals surface area (Å²) >= 11 is 1.64. The number of hydrogen-bond acceptors (Lipinski definition) is 4. The molecule has 12 heavy (non-hydrogen) atoms. The predicted molar refractivity (Wildman–Crippen MR) is 48.1 cm³/mol. The number of nitrogens with one attached hydrogen (secondary N) is 1. The molecule has 0 unspecified atom stereocenters. The number of nitrogens with zero attached hydrogens (tertiary/aromatic N) is 1. The zero-order valence-electron chi connectivity index (χ0n) is 6.74. The van der Waals surface area contributed by atoms with E-state index in [1.165, 1.54) is 6.20 Å². The van der Waals surface area contributed by atoms with Crippen LogP contribution in [0.5, 0.6) is 0 Å². The van der Waals surface area contributed by atoms with E-state index in [0.29, 0.717) is 12.3 Å². The molecule has 0 aromatic carbocycles. The van der Waals surface area contributed by atoms with Crippen molar-refractivity contribution >= 4 is 23.6 Å². The summed E-state index contributed by atoms with van der Waals surface area (Å²) in [5.74, 6) is 1.18. The van der Waals surface area contributed by atoms with E-state index in [9.17, 15) is 4.79 Å². The van der Waals surface area contributed by atoms with Crippen molar-refractivity contribution in [3.63, 3.8) is 0 Å². The van der Waals surface area contributed by atoms with Gasteiger partial charge in [-0.3, -0.25) is 10.1 Å². The highest BCUT2D eigenvalue weighted by atomic mass is 32.2. The number of carbonyl (C=O) groups excluding carboxylic acids is 1. The first-order chi connectivity index (χ1) is 5.83. The number of aromatic nitrogens is 1. The third-order valence-corrected chi connectivity index (χ3v) is 1.85. The first kappa shape index (κ1) is 9.12. The first-order valence-corrected chi connectivity index (χ1v) is 4.92. The smallest absolute Gasteiger partial charge is 0.231 e. The molecular weight excluding hydrogens is 176 g/mol. The number of anilines is 1. The van der Waals surface area contributed by atoms with E-state index in [1.807, 2.05) is 6.26 Å².